The van der Waals surface area contributed by atoms with Gasteiger partial charge in [-0.1, -0.05) is 43.7 Å². The van der Waals surface area contributed by atoms with Gasteiger partial charge < -0.3 is 5.32 Å². The minimum Gasteiger partial charge on any atom is -0.307 e. The van der Waals surface area contributed by atoms with Crippen LogP contribution in [-0.4, -0.2) is 6.04 Å². The third-order valence-electron chi connectivity index (χ3n) is 4.47. The summed E-state index contributed by atoms with van der Waals surface area (Å²) in [5, 5.41) is 3.82. The molecule has 0 amide bonds. The summed E-state index contributed by atoms with van der Waals surface area (Å²) in [4.78, 5) is 0. The summed E-state index contributed by atoms with van der Waals surface area (Å²) in [5.41, 5.74) is 2.75. The van der Waals surface area contributed by atoms with Crippen LogP contribution in [0.5, 0.6) is 0 Å². The van der Waals surface area contributed by atoms with Crippen molar-refractivity contribution in [2.24, 2.45) is 11.8 Å². The van der Waals surface area contributed by atoms with Gasteiger partial charge in [-0.05, 0) is 50.5 Å². The molecule has 1 fully saturated rings. The molecule has 1 aromatic rings. The lowest BCUT2D eigenvalue weighted by molar-refractivity contribution is 0.216. The molecule has 1 aliphatic rings. The Kier molecular flexibility index (Phi) is 4.45. The van der Waals surface area contributed by atoms with Crippen molar-refractivity contribution in [1.82, 2.24) is 5.32 Å². The van der Waals surface area contributed by atoms with Crippen molar-refractivity contribution in [1.29, 1.82) is 0 Å². The van der Waals surface area contributed by atoms with E-state index in [1.807, 2.05) is 0 Å². The molecule has 0 spiro atoms. The number of hydrogen-bond acceptors (Lipinski definition) is 1. The molecule has 4 atom stereocenters. The van der Waals surface area contributed by atoms with Gasteiger partial charge in [0.05, 0.1) is 0 Å². The molecule has 1 heteroatoms. The normalized spacial score (nSPS) is 30.1. The smallest absolute Gasteiger partial charge is 0.0294 e. The average molecular weight is 245 g/mol. The second kappa shape index (κ2) is 5.88. The molecule has 1 N–H and O–H groups in total. The third kappa shape index (κ3) is 3.35. The first-order chi connectivity index (χ1) is 8.56. The molecule has 4 unspecified atom stereocenters. The second-order valence-corrected chi connectivity index (χ2v) is 6.30. The summed E-state index contributed by atoms with van der Waals surface area (Å²) in [6.07, 6.45) is 4.08. The molecule has 1 nitrogen and oxygen atoms in total. The lowest BCUT2D eigenvalue weighted by atomic mass is 9.79. The molecule has 0 heterocycles. The monoisotopic (exact) mass is 245 g/mol. The molecule has 0 saturated heterocycles. The van der Waals surface area contributed by atoms with Gasteiger partial charge in [-0.25, -0.2) is 0 Å². The zero-order valence-electron chi connectivity index (χ0n) is 12.2. The van der Waals surface area contributed by atoms with E-state index in [0.29, 0.717) is 12.1 Å². The molecule has 18 heavy (non-hydrogen) atoms. The number of rotatable bonds is 3. The largest absolute Gasteiger partial charge is 0.307 e. The minimum absolute atomic E-state index is 0.464. The van der Waals surface area contributed by atoms with Gasteiger partial charge in [0.2, 0.25) is 0 Å². The lowest BCUT2D eigenvalue weighted by Crippen LogP contribution is -2.40. The van der Waals surface area contributed by atoms with Crippen molar-refractivity contribution in [2.75, 3.05) is 0 Å². The van der Waals surface area contributed by atoms with Crippen LogP contribution in [0.25, 0.3) is 0 Å². The van der Waals surface area contributed by atoms with E-state index < -0.39 is 0 Å². The third-order valence-corrected chi connectivity index (χ3v) is 4.47. The van der Waals surface area contributed by atoms with Gasteiger partial charge in [0.15, 0.2) is 0 Å². The summed E-state index contributed by atoms with van der Waals surface area (Å²) in [5.74, 6) is 1.72. The molecule has 2 rings (SSSR count). The van der Waals surface area contributed by atoms with Gasteiger partial charge >= 0.3 is 0 Å². The Labute approximate surface area is 112 Å². The van der Waals surface area contributed by atoms with Gasteiger partial charge in [-0.3, -0.25) is 0 Å². The van der Waals surface area contributed by atoms with Gasteiger partial charge in [-0.15, -0.1) is 0 Å². The number of nitrogens with one attached hydrogen (secondary N) is 1. The average Bonchev–Trinajstić information content (AvgIpc) is 2.33. The van der Waals surface area contributed by atoms with E-state index in [2.05, 4.69) is 57.3 Å². The Morgan fingerprint density at radius 2 is 1.78 bits per heavy atom. The standard InChI is InChI=1S/C17H27N/c1-12-5-8-16(9-6-12)15(4)18-17-10-7-13(2)11-14(17)3/h5-6,8-9,13-15,17-18H,7,10-11H2,1-4H3. The van der Waals surface area contributed by atoms with Gasteiger partial charge in [0.1, 0.15) is 0 Å². The van der Waals surface area contributed by atoms with Crippen LogP contribution in [0.4, 0.5) is 0 Å². The molecule has 1 saturated carbocycles. The highest BCUT2D eigenvalue weighted by molar-refractivity contribution is 5.23. The highest BCUT2D eigenvalue weighted by Gasteiger charge is 2.26. The van der Waals surface area contributed by atoms with Crippen molar-refractivity contribution >= 4 is 0 Å². The maximum absolute atomic E-state index is 3.82. The number of aryl methyl sites for hydroxylation is 1. The Bertz CT molecular complexity index is 368. The summed E-state index contributed by atoms with van der Waals surface area (Å²) in [7, 11) is 0. The van der Waals surface area contributed by atoms with Crippen LogP contribution >= 0.6 is 0 Å². The molecule has 0 aromatic heterocycles. The van der Waals surface area contributed by atoms with Gasteiger partial charge in [0.25, 0.3) is 0 Å². The highest BCUT2D eigenvalue weighted by atomic mass is 15.0. The Balaban J connectivity index is 1.94. The number of benzene rings is 1. The van der Waals surface area contributed by atoms with E-state index in [9.17, 15) is 0 Å². The molecule has 0 aliphatic heterocycles. The minimum atomic E-state index is 0.464. The topological polar surface area (TPSA) is 12.0 Å². The van der Waals surface area contributed by atoms with Crippen LogP contribution in [0.15, 0.2) is 24.3 Å². The Morgan fingerprint density at radius 1 is 1.11 bits per heavy atom. The van der Waals surface area contributed by atoms with Crippen LogP contribution in [0.2, 0.25) is 0 Å². The maximum atomic E-state index is 3.82. The first-order valence-electron chi connectivity index (χ1n) is 7.39. The van der Waals surface area contributed by atoms with E-state index in [1.54, 1.807) is 0 Å². The van der Waals surface area contributed by atoms with Crippen molar-refractivity contribution in [2.45, 2.75) is 59.0 Å². The van der Waals surface area contributed by atoms with E-state index in [0.717, 1.165) is 11.8 Å². The summed E-state index contributed by atoms with van der Waals surface area (Å²) >= 11 is 0. The Morgan fingerprint density at radius 3 is 2.39 bits per heavy atom. The first-order valence-corrected chi connectivity index (χ1v) is 7.39. The van der Waals surface area contributed by atoms with Crippen molar-refractivity contribution in [3.63, 3.8) is 0 Å². The van der Waals surface area contributed by atoms with E-state index in [4.69, 9.17) is 0 Å². The van der Waals surface area contributed by atoms with E-state index in [-0.39, 0.29) is 0 Å². The highest BCUT2D eigenvalue weighted by Crippen LogP contribution is 2.30. The van der Waals surface area contributed by atoms with Crippen molar-refractivity contribution in [3.05, 3.63) is 35.4 Å². The van der Waals surface area contributed by atoms with Crippen LogP contribution < -0.4 is 5.32 Å². The quantitative estimate of drug-likeness (QED) is 0.828. The zero-order valence-corrected chi connectivity index (χ0v) is 12.2. The fourth-order valence-electron chi connectivity index (χ4n) is 3.19. The summed E-state index contributed by atoms with van der Waals surface area (Å²) < 4.78 is 0. The molecule has 0 radical (unpaired) electrons. The first kappa shape index (κ1) is 13.6. The fourth-order valence-corrected chi connectivity index (χ4v) is 3.19. The molecule has 100 valence electrons. The molecule has 0 bridgehead atoms. The Hall–Kier alpha value is -0.820. The van der Waals surface area contributed by atoms with Crippen molar-refractivity contribution < 1.29 is 0 Å². The van der Waals surface area contributed by atoms with E-state index >= 15 is 0 Å². The maximum Gasteiger partial charge on any atom is 0.0294 e. The molecule has 1 aromatic carbocycles. The number of hydrogen-bond donors (Lipinski definition) is 1. The summed E-state index contributed by atoms with van der Waals surface area (Å²) in [6, 6.07) is 10.1. The second-order valence-electron chi connectivity index (χ2n) is 6.30. The predicted octanol–water partition coefficient (Wildman–Crippen LogP) is 4.47. The fraction of sp³-hybridized carbons (Fsp3) is 0.647. The van der Waals surface area contributed by atoms with Crippen LogP contribution in [0.3, 0.4) is 0 Å². The van der Waals surface area contributed by atoms with E-state index in [1.165, 1.54) is 30.4 Å². The summed E-state index contributed by atoms with van der Waals surface area (Å²) in [6.45, 7) is 9.22. The van der Waals surface area contributed by atoms with Gasteiger partial charge in [0, 0.05) is 12.1 Å². The molecular formula is C17H27N. The van der Waals surface area contributed by atoms with Gasteiger partial charge in [-0.2, -0.15) is 0 Å². The lowest BCUT2D eigenvalue weighted by Gasteiger charge is -2.35. The molecule has 1 aliphatic carbocycles. The predicted molar refractivity (Wildman–Crippen MR) is 78.7 cm³/mol. The zero-order chi connectivity index (χ0) is 13.1. The van der Waals surface area contributed by atoms with Crippen LogP contribution in [0, 0.1) is 18.8 Å². The SMILES string of the molecule is Cc1ccc(C(C)NC2CCC(C)CC2C)cc1. The van der Waals surface area contributed by atoms with Crippen LogP contribution in [0.1, 0.15) is 57.2 Å². The van der Waals surface area contributed by atoms with Crippen LogP contribution in [-0.2, 0) is 0 Å². The van der Waals surface area contributed by atoms with Crippen molar-refractivity contribution in [3.8, 4) is 0 Å². The molecular weight excluding hydrogens is 218 g/mol.